The summed E-state index contributed by atoms with van der Waals surface area (Å²) >= 11 is 0. The summed E-state index contributed by atoms with van der Waals surface area (Å²) in [6.07, 6.45) is -1.04. The molecule has 1 N–H and O–H groups in total. The first-order chi connectivity index (χ1) is 15.5. The Morgan fingerprint density at radius 3 is 2.34 bits per heavy atom. The second kappa shape index (κ2) is 7.65. The van der Waals surface area contributed by atoms with Gasteiger partial charge in [-0.2, -0.15) is 0 Å². The first kappa shape index (κ1) is 20.0. The number of carbonyl (C=O) groups is 2. The Hall–Kier alpha value is -3.91. The van der Waals surface area contributed by atoms with Gasteiger partial charge in [-0.05, 0) is 54.1 Å². The Bertz CT molecular complexity index is 1180. The average molecular weight is 434 g/mol. The van der Waals surface area contributed by atoms with Crippen molar-refractivity contribution in [3.63, 3.8) is 0 Å². The van der Waals surface area contributed by atoms with Crippen molar-refractivity contribution in [2.75, 3.05) is 17.1 Å². The number of phenols is 1. The molecule has 2 aliphatic heterocycles. The van der Waals surface area contributed by atoms with Gasteiger partial charge in [0.15, 0.2) is 17.6 Å². The first-order valence-corrected chi connectivity index (χ1v) is 10.0. The lowest BCUT2D eigenvalue weighted by Gasteiger charge is -2.29. The number of hydrogen-bond donors (Lipinski definition) is 1. The van der Waals surface area contributed by atoms with E-state index in [1.807, 2.05) is 30.3 Å². The van der Waals surface area contributed by atoms with E-state index in [1.165, 1.54) is 37.4 Å². The van der Waals surface area contributed by atoms with Gasteiger partial charge in [0.2, 0.25) is 5.91 Å². The zero-order valence-electron chi connectivity index (χ0n) is 17.0. The van der Waals surface area contributed by atoms with E-state index >= 15 is 0 Å². The van der Waals surface area contributed by atoms with Crippen LogP contribution in [0.2, 0.25) is 0 Å². The largest absolute Gasteiger partial charge is 0.504 e. The SMILES string of the molecule is COc1cc([C@@H]2[C@@H]3C(=O)N(c4ccc(F)cc4)C(=O)[C@H]3ON2c2ccccc2)ccc1O. The lowest BCUT2D eigenvalue weighted by Crippen LogP contribution is -2.37. The van der Waals surface area contributed by atoms with Crippen LogP contribution >= 0.6 is 0 Å². The maximum absolute atomic E-state index is 13.5. The number of para-hydroxylation sites is 1. The van der Waals surface area contributed by atoms with E-state index in [1.54, 1.807) is 17.2 Å². The van der Waals surface area contributed by atoms with Gasteiger partial charge in [-0.1, -0.05) is 24.3 Å². The Morgan fingerprint density at radius 1 is 0.938 bits per heavy atom. The molecule has 7 nitrogen and oxygen atoms in total. The van der Waals surface area contributed by atoms with E-state index in [4.69, 9.17) is 9.57 Å². The van der Waals surface area contributed by atoms with Crippen LogP contribution in [0.5, 0.6) is 11.5 Å². The quantitative estimate of drug-likeness (QED) is 0.633. The van der Waals surface area contributed by atoms with Gasteiger partial charge in [-0.15, -0.1) is 0 Å². The van der Waals surface area contributed by atoms with Crippen LogP contribution in [0.15, 0.2) is 72.8 Å². The standard InChI is InChI=1S/C24H19FN2O5/c1-31-19-13-14(7-12-18(19)28)21-20-22(32-27(21)17-5-3-2-4-6-17)24(30)26(23(20)29)16-10-8-15(25)9-11-16/h2-13,20-22,28H,1H3/t20-,21+,22-/m0/s1. The van der Waals surface area contributed by atoms with E-state index in [0.717, 1.165) is 4.90 Å². The number of rotatable bonds is 4. The van der Waals surface area contributed by atoms with Crippen LogP contribution in [0.1, 0.15) is 11.6 Å². The molecule has 3 aromatic rings. The number of nitrogens with zero attached hydrogens (tertiary/aromatic N) is 2. The van der Waals surface area contributed by atoms with E-state index in [0.29, 0.717) is 11.3 Å². The summed E-state index contributed by atoms with van der Waals surface area (Å²) in [6.45, 7) is 0. The Morgan fingerprint density at radius 2 is 1.66 bits per heavy atom. The number of benzene rings is 3. The van der Waals surface area contributed by atoms with Crippen molar-refractivity contribution < 1.29 is 28.7 Å². The summed E-state index contributed by atoms with van der Waals surface area (Å²) in [5, 5.41) is 11.6. The van der Waals surface area contributed by atoms with Gasteiger partial charge in [0.25, 0.3) is 5.91 Å². The first-order valence-electron chi connectivity index (χ1n) is 10.0. The third-order valence-corrected chi connectivity index (χ3v) is 5.76. The molecule has 0 bridgehead atoms. The van der Waals surface area contributed by atoms with Crippen LogP contribution in [0.4, 0.5) is 15.8 Å². The molecule has 8 heteroatoms. The molecule has 32 heavy (non-hydrogen) atoms. The Kier molecular flexibility index (Phi) is 4.79. The summed E-state index contributed by atoms with van der Waals surface area (Å²) < 4.78 is 18.6. The summed E-state index contributed by atoms with van der Waals surface area (Å²) in [4.78, 5) is 33.8. The van der Waals surface area contributed by atoms with Gasteiger partial charge in [0, 0.05) is 0 Å². The molecule has 2 amide bonds. The minimum atomic E-state index is -1.04. The maximum Gasteiger partial charge on any atom is 0.266 e. The highest BCUT2D eigenvalue weighted by Crippen LogP contribution is 2.48. The third kappa shape index (κ3) is 3.07. The molecular formula is C24H19FN2O5. The van der Waals surface area contributed by atoms with Gasteiger partial charge in [-0.25, -0.2) is 14.4 Å². The van der Waals surface area contributed by atoms with Crippen LogP contribution in [0.3, 0.4) is 0 Å². The topological polar surface area (TPSA) is 79.3 Å². The molecular weight excluding hydrogens is 415 g/mol. The van der Waals surface area contributed by atoms with Gasteiger partial charge in [-0.3, -0.25) is 14.4 Å². The van der Waals surface area contributed by atoms with E-state index < -0.39 is 35.7 Å². The summed E-state index contributed by atoms with van der Waals surface area (Å²) in [5.74, 6) is -2.07. The zero-order valence-corrected chi connectivity index (χ0v) is 17.0. The molecule has 2 saturated heterocycles. The minimum absolute atomic E-state index is 0.0419. The molecule has 5 rings (SSSR count). The van der Waals surface area contributed by atoms with Crippen molar-refractivity contribution in [1.82, 2.24) is 0 Å². The van der Waals surface area contributed by atoms with E-state index in [-0.39, 0.29) is 17.2 Å². The van der Waals surface area contributed by atoms with Crippen LogP contribution in [0, 0.1) is 11.7 Å². The Balaban J connectivity index is 1.60. The highest BCUT2D eigenvalue weighted by atomic mass is 19.1. The molecule has 3 aromatic carbocycles. The highest BCUT2D eigenvalue weighted by molar-refractivity contribution is 6.23. The van der Waals surface area contributed by atoms with Crippen molar-refractivity contribution in [2.45, 2.75) is 12.1 Å². The second-order valence-electron chi connectivity index (χ2n) is 7.58. The van der Waals surface area contributed by atoms with Crippen molar-refractivity contribution in [2.24, 2.45) is 5.92 Å². The van der Waals surface area contributed by atoms with Crippen LogP contribution in [-0.2, 0) is 14.4 Å². The summed E-state index contributed by atoms with van der Waals surface area (Å²) in [5.41, 5.74) is 1.60. The fraction of sp³-hybridized carbons (Fsp3) is 0.167. The molecule has 0 saturated carbocycles. The minimum Gasteiger partial charge on any atom is -0.504 e. The number of amides is 2. The van der Waals surface area contributed by atoms with Crippen LogP contribution in [0.25, 0.3) is 0 Å². The van der Waals surface area contributed by atoms with Gasteiger partial charge in [0.1, 0.15) is 11.7 Å². The third-order valence-electron chi connectivity index (χ3n) is 5.76. The number of hydrogen-bond acceptors (Lipinski definition) is 6. The number of carbonyl (C=O) groups excluding carboxylic acids is 2. The highest BCUT2D eigenvalue weighted by Gasteiger charge is 2.60. The number of anilines is 2. The van der Waals surface area contributed by atoms with Crippen molar-refractivity contribution in [1.29, 1.82) is 0 Å². The smallest absolute Gasteiger partial charge is 0.266 e. The lowest BCUT2D eigenvalue weighted by atomic mass is 9.90. The number of hydroxylamine groups is 1. The predicted octanol–water partition coefficient (Wildman–Crippen LogP) is 3.59. The maximum atomic E-state index is 13.5. The predicted molar refractivity (Wildman–Crippen MR) is 114 cm³/mol. The summed E-state index contributed by atoms with van der Waals surface area (Å²) in [6, 6.07) is 18.4. The fourth-order valence-corrected chi connectivity index (χ4v) is 4.28. The monoisotopic (exact) mass is 434 g/mol. The number of methoxy groups -OCH3 is 1. The van der Waals surface area contributed by atoms with Crippen LogP contribution < -0.4 is 14.7 Å². The summed E-state index contributed by atoms with van der Waals surface area (Å²) in [7, 11) is 1.43. The molecule has 2 heterocycles. The number of phenolic OH excluding ortho intramolecular Hbond substituents is 1. The molecule has 0 spiro atoms. The van der Waals surface area contributed by atoms with Crippen molar-refractivity contribution in [3.8, 4) is 11.5 Å². The fourth-order valence-electron chi connectivity index (χ4n) is 4.28. The zero-order chi connectivity index (χ0) is 22.4. The second-order valence-corrected chi connectivity index (χ2v) is 7.58. The number of halogens is 1. The Labute approximate surface area is 183 Å². The molecule has 0 unspecified atom stereocenters. The van der Waals surface area contributed by atoms with Gasteiger partial charge >= 0.3 is 0 Å². The van der Waals surface area contributed by atoms with E-state index in [9.17, 15) is 19.1 Å². The number of ether oxygens (including phenoxy) is 1. The van der Waals surface area contributed by atoms with E-state index in [2.05, 4.69) is 0 Å². The lowest BCUT2D eigenvalue weighted by molar-refractivity contribution is -0.126. The van der Waals surface area contributed by atoms with Gasteiger partial charge in [0.05, 0.1) is 24.5 Å². The molecule has 2 aliphatic rings. The normalized spacial score (nSPS) is 22.4. The number of aromatic hydroxyl groups is 1. The molecule has 2 fully saturated rings. The van der Waals surface area contributed by atoms with Crippen molar-refractivity contribution in [3.05, 3.63) is 84.2 Å². The molecule has 162 valence electrons. The van der Waals surface area contributed by atoms with Crippen LogP contribution in [-0.4, -0.2) is 30.1 Å². The number of fused-ring (bicyclic) bond motifs is 1. The number of imide groups is 1. The van der Waals surface area contributed by atoms with Crippen molar-refractivity contribution >= 4 is 23.2 Å². The molecule has 0 radical (unpaired) electrons. The molecule has 0 aliphatic carbocycles. The van der Waals surface area contributed by atoms with Gasteiger partial charge < -0.3 is 9.84 Å². The molecule has 3 atom stereocenters. The average Bonchev–Trinajstić information content (AvgIpc) is 3.32. The molecule has 0 aromatic heterocycles.